The number of aliphatic imine (C=N–C) groups is 1. The molecule has 1 aromatic rings. The lowest BCUT2D eigenvalue weighted by atomic mass is 10.1. The molecule has 0 heterocycles. The van der Waals surface area contributed by atoms with Gasteiger partial charge in [0.2, 0.25) is 0 Å². The number of aldehydes is 1. The van der Waals surface area contributed by atoms with Gasteiger partial charge >= 0.3 is 0 Å². The zero-order chi connectivity index (χ0) is 32.5. The lowest BCUT2D eigenvalue weighted by Gasteiger charge is -2.13. The Balaban J connectivity index is -0.000000377. The normalized spacial score (nSPS) is 11.2. The smallest absolute Gasteiger partial charge is 0.254 e. The summed E-state index contributed by atoms with van der Waals surface area (Å²) in [4.78, 5) is 25.0. The van der Waals surface area contributed by atoms with E-state index in [1.165, 1.54) is 45.4 Å². The lowest BCUT2D eigenvalue weighted by molar-refractivity contribution is -0.106. The summed E-state index contributed by atoms with van der Waals surface area (Å²) >= 11 is 1.32. The second kappa shape index (κ2) is 34.6. The van der Waals surface area contributed by atoms with E-state index >= 15 is 0 Å². The summed E-state index contributed by atoms with van der Waals surface area (Å²) in [5.74, 6) is -0.998. The second-order valence-electron chi connectivity index (χ2n) is 7.16. The number of halogens is 2. The van der Waals surface area contributed by atoms with Gasteiger partial charge in [-0.05, 0) is 58.2 Å². The van der Waals surface area contributed by atoms with Crippen LogP contribution in [-0.4, -0.2) is 59.1 Å². The van der Waals surface area contributed by atoms with Crippen LogP contribution in [-0.2, 0) is 20.0 Å². The van der Waals surface area contributed by atoms with Crippen molar-refractivity contribution in [2.45, 2.75) is 47.3 Å². The monoisotopic (exact) mass is 599 g/mol. The van der Waals surface area contributed by atoms with E-state index in [4.69, 9.17) is 14.3 Å². The van der Waals surface area contributed by atoms with E-state index in [9.17, 15) is 13.6 Å². The maximum absolute atomic E-state index is 14.1. The van der Waals surface area contributed by atoms with Crippen molar-refractivity contribution in [1.29, 1.82) is 0 Å². The Kier molecular flexibility index (Phi) is 37.7. The molecule has 0 radical (unpaired) electrons. The predicted molar refractivity (Wildman–Crippen MR) is 173 cm³/mol. The predicted octanol–water partition coefficient (Wildman–Crippen LogP) is 7.12. The molecule has 0 aromatic heterocycles. The van der Waals surface area contributed by atoms with Crippen LogP contribution in [0.5, 0.6) is 0 Å². The van der Waals surface area contributed by atoms with E-state index in [1.807, 2.05) is 59.9 Å². The van der Waals surface area contributed by atoms with E-state index in [0.717, 1.165) is 24.3 Å². The number of rotatable bonds is 10. The van der Waals surface area contributed by atoms with Crippen molar-refractivity contribution in [2.75, 3.05) is 41.1 Å². The average molecular weight is 600 g/mol. The fourth-order valence-electron chi connectivity index (χ4n) is 2.25. The Hall–Kier alpha value is -3.40. The van der Waals surface area contributed by atoms with Gasteiger partial charge in [-0.2, -0.15) is 11.8 Å². The molecule has 0 fully saturated rings. The van der Waals surface area contributed by atoms with Gasteiger partial charge < -0.3 is 24.9 Å². The van der Waals surface area contributed by atoms with Crippen LogP contribution in [0.2, 0.25) is 0 Å². The Morgan fingerprint density at radius 1 is 1.02 bits per heavy atom. The minimum atomic E-state index is -0.740. The molecule has 0 bridgehead atoms. The molecule has 234 valence electrons. The van der Waals surface area contributed by atoms with Crippen LogP contribution in [0.1, 0.15) is 57.5 Å². The van der Waals surface area contributed by atoms with E-state index < -0.39 is 17.5 Å². The van der Waals surface area contributed by atoms with Gasteiger partial charge in [0.1, 0.15) is 17.9 Å². The van der Waals surface area contributed by atoms with E-state index in [1.54, 1.807) is 31.5 Å². The molecule has 0 spiro atoms. The highest BCUT2D eigenvalue weighted by Crippen LogP contribution is 2.21. The number of hydrogen-bond acceptors (Lipinski definition) is 6. The summed E-state index contributed by atoms with van der Waals surface area (Å²) in [7, 11) is 6.65. The summed E-state index contributed by atoms with van der Waals surface area (Å²) < 4.78 is 37.8. The van der Waals surface area contributed by atoms with Gasteiger partial charge in [-0.1, -0.05) is 38.2 Å². The first-order chi connectivity index (χ1) is 19.7. The molecule has 0 saturated heterocycles. The number of allylic oxidation sites excluding steroid dienone is 4. The number of hydrogen-bond donors (Lipinski definition) is 2. The molecule has 7 nitrogen and oxygen atoms in total. The van der Waals surface area contributed by atoms with Crippen LogP contribution in [0.15, 0.2) is 66.1 Å². The highest BCUT2D eigenvalue weighted by atomic mass is 32.2. The van der Waals surface area contributed by atoms with Crippen LogP contribution in [0.3, 0.4) is 0 Å². The van der Waals surface area contributed by atoms with Gasteiger partial charge in [-0.15, -0.1) is 0 Å². The van der Waals surface area contributed by atoms with Gasteiger partial charge in [-0.25, -0.2) is 8.78 Å². The largest absolute Gasteiger partial charge is 0.505 e. The molecular weight excluding hydrogens is 548 g/mol. The van der Waals surface area contributed by atoms with Gasteiger partial charge in [0.15, 0.2) is 0 Å². The molecular formula is C31H51F2N3O4S. The molecule has 1 atom stereocenters. The Labute approximate surface area is 251 Å². The molecule has 2 N–H and O–H groups in total. The first-order valence-electron chi connectivity index (χ1n) is 13.1. The quantitative estimate of drug-likeness (QED) is 0.0744. The van der Waals surface area contributed by atoms with Crippen molar-refractivity contribution in [1.82, 2.24) is 10.6 Å². The highest BCUT2D eigenvalue weighted by Gasteiger charge is 2.20. The third-order valence-corrected chi connectivity index (χ3v) is 4.97. The molecule has 0 aliphatic carbocycles. The van der Waals surface area contributed by atoms with Gasteiger partial charge in [0.25, 0.3) is 5.91 Å². The van der Waals surface area contributed by atoms with Crippen LogP contribution in [0.4, 0.5) is 8.78 Å². The summed E-state index contributed by atoms with van der Waals surface area (Å²) in [6.07, 6.45) is 16.5. The minimum absolute atomic E-state index is 0.0672. The Bertz CT molecular complexity index is 930. The summed E-state index contributed by atoms with van der Waals surface area (Å²) in [6, 6.07) is 2.00. The molecule has 10 heteroatoms. The Morgan fingerprint density at radius 2 is 1.56 bits per heavy atom. The topological polar surface area (TPSA) is 89.0 Å². The molecule has 0 saturated carbocycles. The van der Waals surface area contributed by atoms with E-state index in [-0.39, 0.29) is 29.3 Å². The first-order valence-corrected chi connectivity index (χ1v) is 14.5. The number of amides is 1. The molecule has 41 heavy (non-hydrogen) atoms. The average Bonchev–Trinajstić information content (AvgIpc) is 2.99. The van der Waals surface area contributed by atoms with Gasteiger partial charge in [0.05, 0.1) is 38.1 Å². The van der Waals surface area contributed by atoms with E-state index in [0.29, 0.717) is 0 Å². The number of thioether (sulfide) groups is 1. The number of ether oxygens (including phenoxy) is 2. The van der Waals surface area contributed by atoms with Crippen molar-refractivity contribution >= 4 is 29.8 Å². The fraction of sp³-hybridized carbons (Fsp3) is 0.452. The van der Waals surface area contributed by atoms with E-state index in [2.05, 4.69) is 15.6 Å². The number of nitrogens with one attached hydrogen (secondary N) is 2. The molecule has 1 unspecified atom stereocenters. The van der Waals surface area contributed by atoms with Crippen molar-refractivity contribution in [3.8, 4) is 0 Å². The number of amidine groups is 1. The maximum Gasteiger partial charge on any atom is 0.254 e. The molecule has 1 aromatic carbocycles. The van der Waals surface area contributed by atoms with Crippen LogP contribution < -0.4 is 10.6 Å². The zero-order valence-corrected chi connectivity index (χ0v) is 27.4. The van der Waals surface area contributed by atoms with Crippen LogP contribution in [0, 0.1) is 17.6 Å². The number of carbonyl (C=O) groups is 2. The fourth-order valence-corrected chi connectivity index (χ4v) is 2.82. The highest BCUT2D eigenvalue weighted by molar-refractivity contribution is 7.97. The second-order valence-corrected chi connectivity index (χ2v) is 8.03. The molecule has 1 amide bonds. The summed E-state index contributed by atoms with van der Waals surface area (Å²) in [5, 5.41) is 5.51. The first kappa shape index (κ1) is 44.6. The molecule has 0 aliphatic rings. The third-order valence-electron chi connectivity index (χ3n) is 4.40. The lowest BCUT2D eigenvalue weighted by Crippen LogP contribution is -2.30. The standard InChI is InChI=1S/C19H23F2NO3S.C4H10N2.C4H8.C2H4O.C2H6/c1-24-10-5-4-6-14(9-11-25-2)12-22-19(23)18-15(13-26-3)16(20)7-8-17(18)21;1-4(5-2)6-3;1-3-4-2;1-2-3;1-2/h4-11,14H,12-13H2,1-3H3,(H,22,23);1-3H3,(H,5,6);3-4H,1-2H3;2H,1H3;1-2H3/b6-4?,10-5+,11-9+;;4-3-;;. The maximum atomic E-state index is 14.1. The zero-order valence-electron chi connectivity index (χ0n) is 26.6. The number of nitrogens with zero attached hydrogens (tertiary/aromatic N) is 1. The van der Waals surface area contributed by atoms with Gasteiger partial charge in [-0.3, -0.25) is 9.79 Å². The molecule has 1 rings (SSSR count). The number of methoxy groups -OCH3 is 2. The summed E-state index contributed by atoms with van der Waals surface area (Å²) in [5.41, 5.74) is -0.186. The molecule has 0 aliphatic heterocycles. The van der Waals surface area contributed by atoms with Crippen molar-refractivity contribution in [3.05, 3.63) is 83.9 Å². The Morgan fingerprint density at radius 3 is 1.98 bits per heavy atom. The number of benzene rings is 1. The van der Waals surface area contributed by atoms with Crippen molar-refractivity contribution in [2.24, 2.45) is 10.9 Å². The number of carbonyl (C=O) groups excluding carboxylic acids is 2. The van der Waals surface area contributed by atoms with Crippen molar-refractivity contribution < 1.29 is 27.8 Å². The third kappa shape index (κ3) is 26.6. The minimum Gasteiger partial charge on any atom is -0.505 e. The van der Waals surface area contributed by atoms with Crippen LogP contribution >= 0.6 is 11.8 Å². The van der Waals surface area contributed by atoms with Crippen molar-refractivity contribution in [3.63, 3.8) is 0 Å². The van der Waals surface area contributed by atoms with Crippen LogP contribution in [0.25, 0.3) is 0 Å². The van der Waals surface area contributed by atoms with Gasteiger partial charge in [0, 0.05) is 37.9 Å². The summed E-state index contributed by atoms with van der Waals surface area (Å²) in [6.45, 7) is 11.6. The SMILES string of the molecule is C/C=C\C.CC.CC=O.CN=C(C)NC.CO/C=C/C=CC(/C=C/OC)CNC(=O)c1c(F)ccc(F)c1CSC.